The molecule has 3 rings (SSSR count). The van der Waals surface area contributed by atoms with E-state index in [1.807, 2.05) is 0 Å². The molecular weight excluding hydrogens is 308 g/mol. The Hall–Kier alpha value is -0.340. The van der Waals surface area contributed by atoms with E-state index in [9.17, 15) is 0 Å². The molecule has 2 heteroatoms. The van der Waals surface area contributed by atoms with Gasteiger partial charge in [0.05, 0.1) is 6.61 Å². The van der Waals surface area contributed by atoms with Crippen LogP contribution in [-0.4, -0.2) is 20.0 Å². The van der Waals surface area contributed by atoms with Gasteiger partial charge in [0.2, 0.25) is 0 Å². The van der Waals surface area contributed by atoms with Crippen LogP contribution in [0.3, 0.4) is 0 Å². The molecule has 0 N–H and O–H groups in total. The van der Waals surface area contributed by atoms with Crippen LogP contribution in [0.4, 0.5) is 0 Å². The molecule has 0 radical (unpaired) electrons. The first kappa shape index (κ1) is 19.4. The second-order valence-corrected chi connectivity index (χ2v) is 8.97. The normalized spacial score (nSPS) is 40.4. The van der Waals surface area contributed by atoms with Crippen LogP contribution in [0.5, 0.6) is 0 Å². The van der Waals surface area contributed by atoms with E-state index in [1.54, 1.807) is 7.11 Å². The Labute approximate surface area is 155 Å². The van der Waals surface area contributed by atoms with Crippen LogP contribution < -0.4 is 0 Å². The van der Waals surface area contributed by atoms with Crippen molar-refractivity contribution in [2.24, 2.45) is 29.6 Å². The molecule has 2 unspecified atom stereocenters. The fourth-order valence-corrected chi connectivity index (χ4v) is 5.57. The van der Waals surface area contributed by atoms with Gasteiger partial charge in [-0.1, -0.05) is 44.8 Å². The van der Waals surface area contributed by atoms with Crippen molar-refractivity contribution in [3.05, 3.63) is 12.2 Å². The largest absolute Gasteiger partial charge is 0.356 e. The highest BCUT2D eigenvalue weighted by Gasteiger charge is 2.30. The number of methoxy groups -OCH3 is 1. The number of ether oxygens (including phenoxy) is 2. The van der Waals surface area contributed by atoms with Gasteiger partial charge in [-0.15, -0.1) is 0 Å². The Morgan fingerprint density at radius 3 is 1.96 bits per heavy atom. The van der Waals surface area contributed by atoms with Crippen LogP contribution in [-0.2, 0) is 9.47 Å². The van der Waals surface area contributed by atoms with Crippen molar-refractivity contribution in [3.8, 4) is 0 Å². The van der Waals surface area contributed by atoms with Crippen LogP contribution in [0.2, 0.25) is 0 Å². The van der Waals surface area contributed by atoms with E-state index in [-0.39, 0.29) is 6.29 Å². The molecule has 25 heavy (non-hydrogen) atoms. The average Bonchev–Trinajstić information content (AvgIpc) is 2.68. The van der Waals surface area contributed by atoms with Gasteiger partial charge in [-0.25, -0.2) is 0 Å². The standard InChI is InChI=1S/C23H40O2/c1-3-4-18-7-12-21(13-8-18)22-14-9-19(10-15-22)5-6-20-11-16-23(24-2)25-17-20/h5-6,18-23H,3-4,7-17H2,1-2H3. The second kappa shape index (κ2) is 10.1. The maximum atomic E-state index is 5.73. The minimum atomic E-state index is 0.0347. The van der Waals surface area contributed by atoms with E-state index in [4.69, 9.17) is 9.47 Å². The molecule has 2 saturated carbocycles. The van der Waals surface area contributed by atoms with Crippen molar-refractivity contribution in [2.45, 2.75) is 90.3 Å². The van der Waals surface area contributed by atoms with Crippen LogP contribution >= 0.6 is 0 Å². The number of hydrogen-bond acceptors (Lipinski definition) is 2. The highest BCUT2D eigenvalue weighted by Crippen LogP contribution is 2.42. The summed E-state index contributed by atoms with van der Waals surface area (Å²) < 4.78 is 11.0. The molecule has 1 aliphatic heterocycles. The molecule has 144 valence electrons. The molecular formula is C23H40O2. The maximum Gasteiger partial charge on any atom is 0.157 e. The molecule has 3 fully saturated rings. The van der Waals surface area contributed by atoms with E-state index in [1.165, 1.54) is 70.6 Å². The highest BCUT2D eigenvalue weighted by atomic mass is 16.7. The third-order valence-electron chi connectivity index (χ3n) is 7.26. The van der Waals surface area contributed by atoms with Crippen LogP contribution in [0.25, 0.3) is 0 Å². The van der Waals surface area contributed by atoms with Crippen molar-refractivity contribution in [2.75, 3.05) is 13.7 Å². The lowest BCUT2D eigenvalue weighted by Gasteiger charge is -2.37. The van der Waals surface area contributed by atoms with Crippen molar-refractivity contribution >= 4 is 0 Å². The van der Waals surface area contributed by atoms with Gasteiger partial charge in [0, 0.05) is 13.0 Å². The summed E-state index contributed by atoms with van der Waals surface area (Å²) in [5, 5.41) is 0. The van der Waals surface area contributed by atoms with E-state index >= 15 is 0 Å². The predicted molar refractivity (Wildman–Crippen MR) is 104 cm³/mol. The van der Waals surface area contributed by atoms with Gasteiger partial charge in [0.15, 0.2) is 6.29 Å². The van der Waals surface area contributed by atoms with Gasteiger partial charge < -0.3 is 9.47 Å². The summed E-state index contributed by atoms with van der Waals surface area (Å²) in [6.07, 6.45) is 22.0. The van der Waals surface area contributed by atoms with E-state index < -0.39 is 0 Å². The second-order valence-electron chi connectivity index (χ2n) is 8.97. The smallest absolute Gasteiger partial charge is 0.157 e. The van der Waals surface area contributed by atoms with Gasteiger partial charge in [-0.2, -0.15) is 0 Å². The zero-order valence-corrected chi connectivity index (χ0v) is 16.6. The quantitative estimate of drug-likeness (QED) is 0.520. The number of rotatable bonds is 6. The Morgan fingerprint density at radius 1 is 0.800 bits per heavy atom. The molecule has 2 aliphatic carbocycles. The zero-order chi connectivity index (χ0) is 17.5. The third kappa shape index (κ3) is 5.82. The lowest BCUT2D eigenvalue weighted by atomic mass is 9.68. The lowest BCUT2D eigenvalue weighted by Crippen LogP contribution is -2.26. The van der Waals surface area contributed by atoms with E-state index in [0.717, 1.165) is 36.7 Å². The minimum absolute atomic E-state index is 0.0347. The first-order valence-electron chi connectivity index (χ1n) is 11.1. The van der Waals surface area contributed by atoms with Crippen LogP contribution in [0.15, 0.2) is 12.2 Å². The molecule has 0 aromatic heterocycles. The van der Waals surface area contributed by atoms with Crippen LogP contribution in [0, 0.1) is 29.6 Å². The van der Waals surface area contributed by atoms with Gasteiger partial charge in [-0.3, -0.25) is 0 Å². The Morgan fingerprint density at radius 2 is 1.40 bits per heavy atom. The Bertz CT molecular complexity index is 381. The van der Waals surface area contributed by atoms with Gasteiger partial charge in [-0.05, 0) is 75.0 Å². The molecule has 1 saturated heterocycles. The fraction of sp³-hybridized carbons (Fsp3) is 0.913. The summed E-state index contributed by atoms with van der Waals surface area (Å²) in [7, 11) is 1.75. The predicted octanol–water partition coefficient (Wildman–Crippen LogP) is 6.35. The van der Waals surface area contributed by atoms with Gasteiger partial charge in [0.1, 0.15) is 0 Å². The Balaban J connectivity index is 1.34. The first-order valence-corrected chi connectivity index (χ1v) is 11.1. The van der Waals surface area contributed by atoms with Gasteiger partial charge >= 0.3 is 0 Å². The molecule has 0 spiro atoms. The van der Waals surface area contributed by atoms with Crippen molar-refractivity contribution in [1.82, 2.24) is 0 Å². The summed E-state index contributed by atoms with van der Waals surface area (Å²) in [4.78, 5) is 0. The van der Waals surface area contributed by atoms with E-state index in [2.05, 4.69) is 19.1 Å². The maximum absolute atomic E-state index is 5.73. The molecule has 0 amide bonds. The van der Waals surface area contributed by atoms with Gasteiger partial charge in [0.25, 0.3) is 0 Å². The fourth-order valence-electron chi connectivity index (χ4n) is 5.57. The molecule has 2 nitrogen and oxygen atoms in total. The molecule has 0 aromatic carbocycles. The molecule has 1 heterocycles. The lowest BCUT2D eigenvalue weighted by molar-refractivity contribution is -0.154. The molecule has 0 bridgehead atoms. The number of allylic oxidation sites excluding steroid dienone is 1. The Kier molecular flexibility index (Phi) is 7.86. The SMILES string of the molecule is CCCC1CCC(C2CCC(C=CC3CCC(OC)OC3)CC2)CC1. The third-order valence-corrected chi connectivity index (χ3v) is 7.26. The van der Waals surface area contributed by atoms with Crippen molar-refractivity contribution < 1.29 is 9.47 Å². The first-order chi connectivity index (χ1) is 12.3. The summed E-state index contributed by atoms with van der Waals surface area (Å²) >= 11 is 0. The topological polar surface area (TPSA) is 18.5 Å². The highest BCUT2D eigenvalue weighted by molar-refractivity contribution is 4.96. The molecule has 0 aromatic rings. The van der Waals surface area contributed by atoms with E-state index in [0.29, 0.717) is 5.92 Å². The summed E-state index contributed by atoms with van der Waals surface area (Å²) in [6.45, 7) is 3.18. The van der Waals surface area contributed by atoms with Crippen molar-refractivity contribution in [1.29, 1.82) is 0 Å². The monoisotopic (exact) mass is 348 g/mol. The van der Waals surface area contributed by atoms with Crippen molar-refractivity contribution in [3.63, 3.8) is 0 Å². The summed E-state index contributed by atoms with van der Waals surface area (Å²) in [5.74, 6) is 4.57. The average molecular weight is 349 g/mol. The zero-order valence-electron chi connectivity index (χ0n) is 16.6. The molecule has 2 atom stereocenters. The van der Waals surface area contributed by atoms with Crippen LogP contribution in [0.1, 0.15) is 84.0 Å². The number of hydrogen-bond donors (Lipinski definition) is 0. The summed E-state index contributed by atoms with van der Waals surface area (Å²) in [5.41, 5.74) is 0. The minimum Gasteiger partial charge on any atom is -0.356 e. The summed E-state index contributed by atoms with van der Waals surface area (Å²) in [6, 6.07) is 0. The molecule has 3 aliphatic rings.